The Labute approximate surface area is 116 Å². The summed E-state index contributed by atoms with van der Waals surface area (Å²) in [4.78, 5) is 33.4. The van der Waals surface area contributed by atoms with Crippen LogP contribution in [0.25, 0.3) is 0 Å². The molecular formula is C13H17N3O4. The first-order valence-electron chi connectivity index (χ1n) is 6.02. The van der Waals surface area contributed by atoms with Crippen LogP contribution < -0.4 is 16.0 Å². The number of hydrogen-bond acceptors (Lipinski definition) is 3. The van der Waals surface area contributed by atoms with Gasteiger partial charge in [0.25, 0.3) is 0 Å². The SMILES string of the molecule is Cc1cccc(NC(=O)NCC(=O)N[C@H](C)C(=O)O)c1. The van der Waals surface area contributed by atoms with Crippen molar-refractivity contribution in [3.8, 4) is 0 Å². The zero-order valence-electron chi connectivity index (χ0n) is 11.3. The Morgan fingerprint density at radius 3 is 2.60 bits per heavy atom. The molecule has 0 aliphatic rings. The highest BCUT2D eigenvalue weighted by atomic mass is 16.4. The molecule has 1 rings (SSSR count). The van der Waals surface area contributed by atoms with Gasteiger partial charge in [-0.1, -0.05) is 12.1 Å². The van der Waals surface area contributed by atoms with E-state index in [1.807, 2.05) is 13.0 Å². The van der Waals surface area contributed by atoms with Crippen molar-refractivity contribution in [3.05, 3.63) is 29.8 Å². The third-order valence-corrected chi connectivity index (χ3v) is 2.43. The molecule has 0 fully saturated rings. The topological polar surface area (TPSA) is 108 Å². The first-order valence-corrected chi connectivity index (χ1v) is 6.02. The predicted octanol–water partition coefficient (Wildman–Crippen LogP) is 0.706. The van der Waals surface area contributed by atoms with Gasteiger partial charge in [-0.2, -0.15) is 0 Å². The molecule has 4 N–H and O–H groups in total. The van der Waals surface area contributed by atoms with E-state index in [2.05, 4.69) is 16.0 Å². The van der Waals surface area contributed by atoms with Gasteiger partial charge in [-0.15, -0.1) is 0 Å². The highest BCUT2D eigenvalue weighted by molar-refractivity contribution is 5.93. The van der Waals surface area contributed by atoms with Crippen LogP contribution in [0.1, 0.15) is 12.5 Å². The third kappa shape index (κ3) is 5.38. The Hall–Kier alpha value is -2.57. The molecule has 3 amide bonds. The maximum absolute atomic E-state index is 11.5. The molecule has 0 bridgehead atoms. The van der Waals surface area contributed by atoms with Crippen molar-refractivity contribution in [1.82, 2.24) is 10.6 Å². The van der Waals surface area contributed by atoms with Gasteiger partial charge in [0.1, 0.15) is 6.04 Å². The van der Waals surface area contributed by atoms with Crippen molar-refractivity contribution in [1.29, 1.82) is 0 Å². The van der Waals surface area contributed by atoms with E-state index in [1.54, 1.807) is 18.2 Å². The Kier molecular flexibility index (Phi) is 5.52. The number of rotatable bonds is 5. The largest absolute Gasteiger partial charge is 0.480 e. The molecule has 1 aromatic carbocycles. The second-order valence-corrected chi connectivity index (χ2v) is 4.30. The van der Waals surface area contributed by atoms with Gasteiger partial charge in [0, 0.05) is 5.69 Å². The molecule has 0 aliphatic heterocycles. The second-order valence-electron chi connectivity index (χ2n) is 4.30. The molecule has 0 saturated carbocycles. The normalized spacial score (nSPS) is 11.3. The summed E-state index contributed by atoms with van der Waals surface area (Å²) in [6.07, 6.45) is 0. The van der Waals surface area contributed by atoms with Crippen LogP contribution in [0.5, 0.6) is 0 Å². The van der Waals surface area contributed by atoms with E-state index in [4.69, 9.17) is 5.11 Å². The van der Waals surface area contributed by atoms with Crippen molar-refractivity contribution >= 4 is 23.6 Å². The number of carboxylic acids is 1. The van der Waals surface area contributed by atoms with Crippen molar-refractivity contribution in [2.45, 2.75) is 19.9 Å². The molecule has 20 heavy (non-hydrogen) atoms. The monoisotopic (exact) mass is 279 g/mol. The highest BCUT2D eigenvalue weighted by Gasteiger charge is 2.14. The Bertz CT molecular complexity index is 516. The van der Waals surface area contributed by atoms with Gasteiger partial charge in [0.2, 0.25) is 5.91 Å². The molecule has 0 spiro atoms. The lowest BCUT2D eigenvalue weighted by molar-refractivity contribution is -0.141. The van der Waals surface area contributed by atoms with Gasteiger partial charge in [-0.05, 0) is 31.5 Å². The van der Waals surface area contributed by atoms with Crippen molar-refractivity contribution in [2.75, 3.05) is 11.9 Å². The zero-order chi connectivity index (χ0) is 15.1. The number of urea groups is 1. The summed E-state index contributed by atoms with van der Waals surface area (Å²) in [6.45, 7) is 2.94. The number of carbonyl (C=O) groups excluding carboxylic acids is 2. The first-order chi connectivity index (χ1) is 9.38. The number of carbonyl (C=O) groups is 3. The summed E-state index contributed by atoms with van der Waals surface area (Å²) < 4.78 is 0. The maximum atomic E-state index is 11.5. The van der Waals surface area contributed by atoms with Crippen LogP contribution in [0, 0.1) is 6.92 Å². The van der Waals surface area contributed by atoms with E-state index in [-0.39, 0.29) is 6.54 Å². The van der Waals surface area contributed by atoms with E-state index in [0.717, 1.165) is 5.56 Å². The quantitative estimate of drug-likeness (QED) is 0.636. The van der Waals surface area contributed by atoms with Gasteiger partial charge in [-0.3, -0.25) is 9.59 Å². The van der Waals surface area contributed by atoms with Crippen LogP contribution in [-0.4, -0.2) is 35.6 Å². The molecule has 0 aliphatic carbocycles. The molecule has 0 radical (unpaired) electrons. The van der Waals surface area contributed by atoms with Gasteiger partial charge in [0.15, 0.2) is 0 Å². The van der Waals surface area contributed by atoms with E-state index in [9.17, 15) is 14.4 Å². The zero-order valence-corrected chi connectivity index (χ0v) is 11.3. The Balaban J connectivity index is 2.36. The minimum Gasteiger partial charge on any atom is -0.480 e. The maximum Gasteiger partial charge on any atom is 0.325 e. The summed E-state index contributed by atoms with van der Waals surface area (Å²) in [5.41, 5.74) is 1.61. The fourth-order valence-corrected chi connectivity index (χ4v) is 1.41. The molecule has 0 heterocycles. The van der Waals surface area contributed by atoms with Gasteiger partial charge in [0.05, 0.1) is 6.54 Å². The molecule has 0 unspecified atom stereocenters. The molecule has 1 atom stereocenters. The van der Waals surface area contributed by atoms with Crippen molar-refractivity contribution in [3.63, 3.8) is 0 Å². The molecule has 0 saturated heterocycles. The molecule has 1 aromatic rings. The number of anilines is 1. The molecule has 7 heteroatoms. The fraction of sp³-hybridized carbons (Fsp3) is 0.308. The average Bonchev–Trinajstić information content (AvgIpc) is 2.36. The van der Waals surface area contributed by atoms with Gasteiger partial charge in [-0.25, -0.2) is 4.79 Å². The van der Waals surface area contributed by atoms with Gasteiger partial charge >= 0.3 is 12.0 Å². The lowest BCUT2D eigenvalue weighted by Gasteiger charge is -2.11. The number of aryl methyl sites for hydroxylation is 1. The third-order valence-electron chi connectivity index (χ3n) is 2.43. The summed E-state index contributed by atoms with van der Waals surface area (Å²) in [6, 6.07) is 5.67. The second kappa shape index (κ2) is 7.13. The molecule has 108 valence electrons. The van der Waals surface area contributed by atoms with Crippen molar-refractivity contribution < 1.29 is 19.5 Å². The number of benzene rings is 1. The number of amides is 3. The average molecular weight is 279 g/mol. The standard InChI is InChI=1S/C13H17N3O4/c1-8-4-3-5-10(6-8)16-13(20)14-7-11(17)15-9(2)12(18)19/h3-6,9H,7H2,1-2H3,(H,15,17)(H,18,19)(H2,14,16,20)/t9-/m1/s1. The van der Waals surface area contributed by atoms with Crippen LogP contribution in [0.15, 0.2) is 24.3 Å². The molecule has 0 aromatic heterocycles. The van der Waals surface area contributed by atoms with E-state index in [0.29, 0.717) is 5.69 Å². The molecular weight excluding hydrogens is 262 g/mol. The lowest BCUT2D eigenvalue weighted by atomic mass is 10.2. The molecule has 7 nitrogen and oxygen atoms in total. The smallest absolute Gasteiger partial charge is 0.325 e. The van der Waals surface area contributed by atoms with Crippen LogP contribution >= 0.6 is 0 Å². The number of hydrogen-bond donors (Lipinski definition) is 4. The summed E-state index contributed by atoms with van der Waals surface area (Å²) >= 11 is 0. The van der Waals surface area contributed by atoms with Crippen LogP contribution in [0.2, 0.25) is 0 Å². The summed E-state index contributed by atoms with van der Waals surface area (Å²) in [5, 5.41) is 15.7. The summed E-state index contributed by atoms with van der Waals surface area (Å²) in [5.74, 6) is -1.71. The highest BCUT2D eigenvalue weighted by Crippen LogP contribution is 2.08. The predicted molar refractivity (Wildman–Crippen MR) is 73.4 cm³/mol. The van der Waals surface area contributed by atoms with E-state index >= 15 is 0 Å². The minimum atomic E-state index is -1.14. The fourth-order valence-electron chi connectivity index (χ4n) is 1.41. The van der Waals surface area contributed by atoms with Crippen molar-refractivity contribution in [2.24, 2.45) is 0 Å². The number of aliphatic carboxylic acids is 1. The Morgan fingerprint density at radius 2 is 2.00 bits per heavy atom. The van der Waals surface area contributed by atoms with Crippen LogP contribution in [-0.2, 0) is 9.59 Å². The Morgan fingerprint density at radius 1 is 1.30 bits per heavy atom. The van der Waals surface area contributed by atoms with Gasteiger partial charge < -0.3 is 21.1 Å². The number of nitrogens with one attached hydrogen (secondary N) is 3. The summed E-state index contributed by atoms with van der Waals surface area (Å²) in [7, 11) is 0. The first kappa shape index (κ1) is 15.5. The van der Waals surface area contributed by atoms with E-state index in [1.165, 1.54) is 6.92 Å². The van der Waals surface area contributed by atoms with E-state index < -0.39 is 23.9 Å². The van der Waals surface area contributed by atoms with Crippen LogP contribution in [0.4, 0.5) is 10.5 Å². The lowest BCUT2D eigenvalue weighted by Crippen LogP contribution is -2.44. The number of carboxylic acid groups (broad SMARTS) is 1. The van der Waals surface area contributed by atoms with Crippen LogP contribution in [0.3, 0.4) is 0 Å². The minimum absolute atomic E-state index is 0.296.